The minimum Gasteiger partial charge on any atom is -0.160 e. The molecule has 0 saturated heterocycles. The van der Waals surface area contributed by atoms with Crippen molar-refractivity contribution in [3.05, 3.63) is 0 Å². The van der Waals surface area contributed by atoms with Crippen molar-refractivity contribution in [3.63, 3.8) is 0 Å². The standard InChI is InChI=1S/C7H13ClS/c8-4-5-9-6-7-2-1-3-7/h7H,1-6H2. The SMILES string of the molecule is ClCCSCC1CCC1. The van der Waals surface area contributed by atoms with Gasteiger partial charge in [-0.3, -0.25) is 0 Å². The Hall–Kier alpha value is 0.640. The lowest BCUT2D eigenvalue weighted by atomic mass is 9.87. The molecule has 0 aromatic carbocycles. The number of thioether (sulfide) groups is 1. The summed E-state index contributed by atoms with van der Waals surface area (Å²) < 4.78 is 0. The van der Waals surface area contributed by atoms with Crippen molar-refractivity contribution >= 4 is 23.4 Å². The highest BCUT2D eigenvalue weighted by Crippen LogP contribution is 2.29. The number of hydrogen-bond acceptors (Lipinski definition) is 1. The van der Waals surface area contributed by atoms with Crippen molar-refractivity contribution < 1.29 is 0 Å². The fourth-order valence-electron chi connectivity index (χ4n) is 0.964. The molecule has 0 unspecified atom stereocenters. The Labute approximate surface area is 66.3 Å². The van der Waals surface area contributed by atoms with Crippen LogP contribution in [-0.2, 0) is 0 Å². The normalized spacial score (nSPS) is 19.7. The van der Waals surface area contributed by atoms with Crippen LogP contribution < -0.4 is 0 Å². The lowest BCUT2D eigenvalue weighted by Gasteiger charge is -2.24. The molecule has 0 atom stereocenters. The summed E-state index contributed by atoms with van der Waals surface area (Å²) in [6.07, 6.45) is 4.40. The Kier molecular flexibility index (Phi) is 3.83. The summed E-state index contributed by atoms with van der Waals surface area (Å²) in [5.41, 5.74) is 0. The van der Waals surface area contributed by atoms with E-state index < -0.39 is 0 Å². The monoisotopic (exact) mass is 164 g/mol. The first-order valence-corrected chi connectivity index (χ1v) is 5.26. The zero-order chi connectivity index (χ0) is 6.53. The minimum atomic E-state index is 0.817. The predicted molar refractivity (Wildman–Crippen MR) is 45.4 cm³/mol. The topological polar surface area (TPSA) is 0 Å². The van der Waals surface area contributed by atoms with Crippen molar-refractivity contribution in [3.8, 4) is 0 Å². The van der Waals surface area contributed by atoms with Gasteiger partial charge in [0.1, 0.15) is 0 Å². The van der Waals surface area contributed by atoms with Gasteiger partial charge < -0.3 is 0 Å². The average molecular weight is 165 g/mol. The highest BCUT2D eigenvalue weighted by molar-refractivity contribution is 7.99. The van der Waals surface area contributed by atoms with Crippen molar-refractivity contribution in [1.82, 2.24) is 0 Å². The van der Waals surface area contributed by atoms with Crippen molar-refractivity contribution in [1.29, 1.82) is 0 Å². The zero-order valence-electron chi connectivity index (χ0n) is 5.61. The third-order valence-electron chi connectivity index (χ3n) is 1.80. The van der Waals surface area contributed by atoms with E-state index in [-0.39, 0.29) is 0 Å². The molecule has 0 aliphatic heterocycles. The van der Waals surface area contributed by atoms with Gasteiger partial charge in [-0.1, -0.05) is 6.42 Å². The minimum absolute atomic E-state index is 0.817. The molecular weight excluding hydrogens is 152 g/mol. The summed E-state index contributed by atoms with van der Waals surface area (Å²) >= 11 is 7.53. The molecule has 0 aromatic rings. The molecule has 1 aliphatic carbocycles. The molecule has 1 fully saturated rings. The van der Waals surface area contributed by atoms with E-state index in [1.165, 1.54) is 25.0 Å². The van der Waals surface area contributed by atoms with Gasteiger partial charge >= 0.3 is 0 Å². The van der Waals surface area contributed by atoms with Crippen LogP contribution in [0, 0.1) is 5.92 Å². The van der Waals surface area contributed by atoms with Crippen LogP contribution in [0.3, 0.4) is 0 Å². The molecule has 2 heteroatoms. The summed E-state index contributed by atoms with van der Waals surface area (Å²) in [6.45, 7) is 0. The zero-order valence-corrected chi connectivity index (χ0v) is 7.18. The molecule has 9 heavy (non-hydrogen) atoms. The van der Waals surface area contributed by atoms with E-state index in [9.17, 15) is 0 Å². The van der Waals surface area contributed by atoms with Crippen LogP contribution in [0.25, 0.3) is 0 Å². The van der Waals surface area contributed by atoms with Crippen LogP contribution in [0.5, 0.6) is 0 Å². The van der Waals surface area contributed by atoms with E-state index in [0.29, 0.717) is 0 Å². The maximum atomic E-state index is 5.53. The number of alkyl halides is 1. The predicted octanol–water partition coefficient (Wildman–Crippen LogP) is 2.76. The Balaban J connectivity index is 1.80. The smallest absolute Gasteiger partial charge is 0.0314 e. The lowest BCUT2D eigenvalue weighted by molar-refractivity contribution is 0.353. The molecular formula is C7H13ClS. The largest absolute Gasteiger partial charge is 0.160 e. The Bertz CT molecular complexity index is 71.3. The van der Waals surface area contributed by atoms with Crippen molar-refractivity contribution in [2.45, 2.75) is 19.3 Å². The number of rotatable bonds is 4. The average Bonchev–Trinajstić information content (AvgIpc) is 1.76. The highest BCUT2D eigenvalue weighted by atomic mass is 35.5. The Morgan fingerprint density at radius 1 is 1.44 bits per heavy atom. The van der Waals surface area contributed by atoms with Gasteiger partial charge in [0.05, 0.1) is 0 Å². The fraction of sp³-hybridized carbons (Fsp3) is 1.00. The summed E-state index contributed by atoms with van der Waals surface area (Å²) in [6, 6.07) is 0. The van der Waals surface area contributed by atoms with Gasteiger partial charge in [-0.25, -0.2) is 0 Å². The van der Waals surface area contributed by atoms with Crippen LogP contribution in [0.15, 0.2) is 0 Å². The number of hydrogen-bond donors (Lipinski definition) is 0. The van der Waals surface area contributed by atoms with Crippen LogP contribution in [0.2, 0.25) is 0 Å². The first-order valence-electron chi connectivity index (χ1n) is 3.57. The van der Waals surface area contributed by atoms with E-state index in [2.05, 4.69) is 0 Å². The molecule has 0 N–H and O–H groups in total. The molecule has 0 nitrogen and oxygen atoms in total. The van der Waals surface area contributed by atoms with Crippen LogP contribution in [0.4, 0.5) is 0 Å². The molecule has 0 amide bonds. The van der Waals surface area contributed by atoms with Gasteiger partial charge in [0, 0.05) is 11.6 Å². The second-order valence-corrected chi connectivity index (χ2v) is 4.09. The van der Waals surface area contributed by atoms with E-state index in [1.807, 2.05) is 11.8 Å². The first kappa shape index (κ1) is 7.74. The molecule has 1 rings (SSSR count). The van der Waals surface area contributed by atoms with Crippen molar-refractivity contribution in [2.75, 3.05) is 17.4 Å². The van der Waals surface area contributed by atoms with Crippen LogP contribution >= 0.6 is 23.4 Å². The maximum absolute atomic E-state index is 5.53. The highest BCUT2D eigenvalue weighted by Gasteiger charge is 2.16. The van der Waals surface area contributed by atoms with Gasteiger partial charge in [-0.15, -0.1) is 11.6 Å². The summed E-state index contributed by atoms with van der Waals surface area (Å²) in [5, 5.41) is 0. The van der Waals surface area contributed by atoms with E-state index >= 15 is 0 Å². The van der Waals surface area contributed by atoms with Crippen molar-refractivity contribution in [2.24, 2.45) is 5.92 Å². The van der Waals surface area contributed by atoms with Gasteiger partial charge in [-0.2, -0.15) is 11.8 Å². The molecule has 0 bridgehead atoms. The molecule has 1 saturated carbocycles. The van der Waals surface area contributed by atoms with Crippen LogP contribution in [-0.4, -0.2) is 17.4 Å². The molecule has 0 spiro atoms. The third kappa shape index (κ3) is 2.81. The molecule has 1 aliphatic rings. The van der Waals surface area contributed by atoms with Gasteiger partial charge in [0.25, 0.3) is 0 Å². The summed E-state index contributed by atoms with van der Waals surface area (Å²) in [5.74, 6) is 4.35. The number of halogens is 1. The Morgan fingerprint density at radius 3 is 2.67 bits per heavy atom. The summed E-state index contributed by atoms with van der Waals surface area (Å²) in [7, 11) is 0. The maximum Gasteiger partial charge on any atom is 0.0314 e. The fourth-order valence-corrected chi connectivity index (χ4v) is 2.23. The van der Waals surface area contributed by atoms with Crippen LogP contribution in [0.1, 0.15) is 19.3 Å². The summed E-state index contributed by atoms with van der Waals surface area (Å²) in [4.78, 5) is 0. The second-order valence-electron chi connectivity index (χ2n) is 2.56. The lowest BCUT2D eigenvalue weighted by Crippen LogP contribution is -2.13. The third-order valence-corrected chi connectivity index (χ3v) is 3.41. The van der Waals surface area contributed by atoms with Gasteiger partial charge in [0.2, 0.25) is 0 Å². The second kappa shape index (κ2) is 4.45. The van der Waals surface area contributed by atoms with E-state index in [0.717, 1.165) is 17.6 Å². The molecule has 0 heterocycles. The quantitative estimate of drug-likeness (QED) is 0.455. The molecule has 0 aromatic heterocycles. The first-order chi connectivity index (χ1) is 4.43. The van der Waals surface area contributed by atoms with E-state index in [1.54, 1.807) is 0 Å². The molecule has 54 valence electrons. The molecule has 0 radical (unpaired) electrons. The van der Waals surface area contributed by atoms with Gasteiger partial charge in [-0.05, 0) is 24.5 Å². The Morgan fingerprint density at radius 2 is 2.22 bits per heavy atom. The van der Waals surface area contributed by atoms with E-state index in [4.69, 9.17) is 11.6 Å². The van der Waals surface area contributed by atoms with Gasteiger partial charge in [0.15, 0.2) is 0 Å².